The molecule has 13 heavy (non-hydrogen) atoms. The van der Waals surface area contributed by atoms with E-state index in [9.17, 15) is 4.21 Å². The van der Waals surface area contributed by atoms with Crippen LogP contribution in [0.5, 0.6) is 0 Å². The van der Waals surface area contributed by atoms with Crippen LogP contribution in [0.25, 0.3) is 0 Å². The second-order valence-electron chi connectivity index (χ2n) is 3.11. The van der Waals surface area contributed by atoms with Gasteiger partial charge in [-0.2, -0.15) is 0 Å². The normalized spacial score (nSPS) is 18.2. The lowest BCUT2D eigenvalue weighted by Crippen LogP contribution is -2.08. The number of rotatable bonds is 3. The standard InChI is InChI=1S/C9H10ClNOS/c10-7-2-1-3-8(6-7)11-13(12)9-4-5-9/h1-3,6,9,11H,4-5H2. The van der Waals surface area contributed by atoms with Crippen LogP contribution in [0.2, 0.25) is 5.02 Å². The van der Waals surface area contributed by atoms with Gasteiger partial charge in [0.15, 0.2) is 0 Å². The molecule has 1 aromatic rings. The molecule has 0 aromatic heterocycles. The third-order valence-corrected chi connectivity index (χ3v) is 3.62. The Bertz CT molecular complexity index is 338. The van der Waals surface area contributed by atoms with Crippen molar-refractivity contribution in [3.8, 4) is 0 Å². The van der Waals surface area contributed by atoms with E-state index >= 15 is 0 Å². The molecule has 1 aliphatic rings. The lowest BCUT2D eigenvalue weighted by molar-refractivity contribution is 0.685. The van der Waals surface area contributed by atoms with Gasteiger partial charge in [0.05, 0.1) is 5.25 Å². The smallest absolute Gasteiger partial charge is 0.120 e. The number of anilines is 1. The molecular formula is C9H10ClNOS. The molecule has 1 saturated carbocycles. The van der Waals surface area contributed by atoms with Gasteiger partial charge in [0, 0.05) is 10.7 Å². The minimum Gasteiger partial charge on any atom is -0.305 e. The lowest BCUT2D eigenvalue weighted by Gasteiger charge is -2.04. The van der Waals surface area contributed by atoms with E-state index in [4.69, 9.17) is 11.6 Å². The Kier molecular flexibility index (Phi) is 2.56. The maximum Gasteiger partial charge on any atom is 0.120 e. The van der Waals surface area contributed by atoms with Crippen molar-refractivity contribution < 1.29 is 4.21 Å². The molecule has 0 bridgehead atoms. The van der Waals surface area contributed by atoms with Crippen LogP contribution in [0.3, 0.4) is 0 Å². The lowest BCUT2D eigenvalue weighted by atomic mass is 10.3. The number of nitrogens with one attached hydrogen (secondary N) is 1. The van der Waals surface area contributed by atoms with Gasteiger partial charge in [-0.1, -0.05) is 17.7 Å². The van der Waals surface area contributed by atoms with E-state index in [1.165, 1.54) is 0 Å². The quantitative estimate of drug-likeness (QED) is 0.825. The van der Waals surface area contributed by atoms with Crippen LogP contribution < -0.4 is 4.72 Å². The second-order valence-corrected chi connectivity index (χ2v) is 5.01. The Morgan fingerprint density at radius 2 is 2.23 bits per heavy atom. The van der Waals surface area contributed by atoms with Gasteiger partial charge in [0.2, 0.25) is 0 Å². The molecule has 0 radical (unpaired) electrons. The average Bonchev–Trinajstić information content (AvgIpc) is 2.85. The Labute approximate surface area is 84.9 Å². The van der Waals surface area contributed by atoms with Crippen molar-refractivity contribution in [3.05, 3.63) is 29.3 Å². The van der Waals surface area contributed by atoms with Gasteiger partial charge >= 0.3 is 0 Å². The molecule has 1 N–H and O–H groups in total. The fourth-order valence-corrected chi connectivity index (χ4v) is 2.31. The molecule has 0 amide bonds. The number of halogens is 1. The van der Waals surface area contributed by atoms with Crippen LogP contribution in [0, 0.1) is 0 Å². The van der Waals surface area contributed by atoms with E-state index in [0.717, 1.165) is 18.5 Å². The molecule has 0 aliphatic heterocycles. The largest absolute Gasteiger partial charge is 0.305 e. The first-order valence-corrected chi connectivity index (χ1v) is 5.77. The minimum absolute atomic E-state index is 0.346. The molecule has 0 saturated heterocycles. The summed E-state index contributed by atoms with van der Waals surface area (Å²) in [4.78, 5) is 0. The highest BCUT2D eigenvalue weighted by atomic mass is 35.5. The maximum absolute atomic E-state index is 11.4. The Morgan fingerprint density at radius 3 is 2.85 bits per heavy atom. The highest BCUT2D eigenvalue weighted by molar-refractivity contribution is 7.87. The Balaban J connectivity index is 2.04. The monoisotopic (exact) mass is 215 g/mol. The average molecular weight is 216 g/mol. The first kappa shape index (κ1) is 9.03. The van der Waals surface area contributed by atoms with Crippen molar-refractivity contribution in [1.82, 2.24) is 0 Å². The van der Waals surface area contributed by atoms with Crippen LogP contribution in [-0.4, -0.2) is 9.46 Å². The summed E-state index contributed by atoms with van der Waals surface area (Å²) in [6, 6.07) is 7.29. The van der Waals surface area contributed by atoms with Gasteiger partial charge in [-0.05, 0) is 31.0 Å². The zero-order valence-corrected chi connectivity index (χ0v) is 8.57. The minimum atomic E-state index is -0.929. The van der Waals surface area contributed by atoms with E-state index in [1.54, 1.807) is 12.1 Å². The van der Waals surface area contributed by atoms with E-state index in [-0.39, 0.29) is 0 Å². The number of benzene rings is 1. The molecule has 1 aliphatic carbocycles. The summed E-state index contributed by atoms with van der Waals surface area (Å²) in [5.74, 6) is 0. The highest BCUT2D eigenvalue weighted by Gasteiger charge is 2.28. The van der Waals surface area contributed by atoms with Crippen LogP contribution in [-0.2, 0) is 11.0 Å². The molecule has 2 rings (SSSR count). The first-order chi connectivity index (χ1) is 6.25. The third kappa shape index (κ3) is 2.45. The van der Waals surface area contributed by atoms with Crippen LogP contribution >= 0.6 is 11.6 Å². The van der Waals surface area contributed by atoms with Gasteiger partial charge in [0.1, 0.15) is 11.0 Å². The summed E-state index contributed by atoms with van der Waals surface area (Å²) in [7, 11) is -0.929. The van der Waals surface area contributed by atoms with E-state index < -0.39 is 11.0 Å². The molecule has 1 aromatic carbocycles. The van der Waals surface area contributed by atoms with Crippen molar-refractivity contribution in [2.75, 3.05) is 4.72 Å². The van der Waals surface area contributed by atoms with Gasteiger partial charge in [-0.15, -0.1) is 0 Å². The van der Waals surface area contributed by atoms with Crippen LogP contribution in [0.4, 0.5) is 5.69 Å². The summed E-state index contributed by atoms with van der Waals surface area (Å²) in [5.41, 5.74) is 0.831. The van der Waals surface area contributed by atoms with Crippen molar-refractivity contribution >= 4 is 28.3 Å². The zero-order chi connectivity index (χ0) is 9.26. The van der Waals surface area contributed by atoms with Crippen molar-refractivity contribution in [1.29, 1.82) is 0 Å². The Hall–Kier alpha value is -0.540. The predicted octanol–water partition coefficient (Wildman–Crippen LogP) is 2.58. The van der Waals surface area contributed by atoms with Crippen LogP contribution in [0.1, 0.15) is 12.8 Å². The maximum atomic E-state index is 11.4. The molecule has 4 heteroatoms. The first-order valence-electron chi connectivity index (χ1n) is 4.18. The molecule has 0 heterocycles. The molecular weight excluding hydrogens is 206 g/mol. The van der Waals surface area contributed by atoms with E-state index in [1.807, 2.05) is 12.1 Å². The second kappa shape index (κ2) is 3.68. The van der Waals surface area contributed by atoms with E-state index in [0.29, 0.717) is 10.3 Å². The summed E-state index contributed by atoms with van der Waals surface area (Å²) >= 11 is 5.78. The molecule has 2 nitrogen and oxygen atoms in total. The van der Waals surface area contributed by atoms with E-state index in [2.05, 4.69) is 4.72 Å². The molecule has 0 spiro atoms. The van der Waals surface area contributed by atoms with Gasteiger partial charge in [0.25, 0.3) is 0 Å². The molecule has 70 valence electrons. The molecule has 1 atom stereocenters. The SMILES string of the molecule is O=S(Nc1cccc(Cl)c1)C1CC1. The number of hydrogen-bond acceptors (Lipinski definition) is 1. The van der Waals surface area contributed by atoms with Crippen molar-refractivity contribution in [2.45, 2.75) is 18.1 Å². The van der Waals surface area contributed by atoms with Crippen molar-refractivity contribution in [2.24, 2.45) is 0 Å². The Morgan fingerprint density at radius 1 is 1.46 bits per heavy atom. The topological polar surface area (TPSA) is 29.1 Å². The number of hydrogen-bond donors (Lipinski definition) is 1. The van der Waals surface area contributed by atoms with Crippen molar-refractivity contribution in [3.63, 3.8) is 0 Å². The zero-order valence-electron chi connectivity index (χ0n) is 7.00. The predicted molar refractivity (Wildman–Crippen MR) is 56.2 cm³/mol. The fraction of sp³-hybridized carbons (Fsp3) is 0.333. The van der Waals surface area contributed by atoms with Gasteiger partial charge < -0.3 is 4.72 Å². The summed E-state index contributed by atoms with van der Waals surface area (Å²) in [6.07, 6.45) is 2.14. The van der Waals surface area contributed by atoms with Gasteiger partial charge in [-0.25, -0.2) is 4.21 Å². The van der Waals surface area contributed by atoms with Gasteiger partial charge in [-0.3, -0.25) is 0 Å². The molecule has 1 unspecified atom stereocenters. The summed E-state index contributed by atoms with van der Waals surface area (Å²) in [6.45, 7) is 0. The third-order valence-electron chi connectivity index (χ3n) is 1.87. The summed E-state index contributed by atoms with van der Waals surface area (Å²) < 4.78 is 14.4. The van der Waals surface area contributed by atoms with Crippen LogP contribution in [0.15, 0.2) is 24.3 Å². The fourth-order valence-electron chi connectivity index (χ4n) is 1.03. The summed E-state index contributed by atoms with van der Waals surface area (Å²) in [5, 5.41) is 1.01. The molecule has 1 fully saturated rings. The highest BCUT2D eigenvalue weighted by Crippen LogP contribution is 2.27.